The number of carboxylic acid groups (broad SMARTS) is 1. The Morgan fingerprint density at radius 2 is 1.49 bits per heavy atom. The third-order valence-electron chi connectivity index (χ3n) is 12.1. The number of nitrogens with zero attached hydrogens (tertiary/aromatic N) is 2. The number of anilines is 1. The first-order valence-electron chi connectivity index (χ1n) is 23.8. The third kappa shape index (κ3) is 16.6. The van der Waals surface area contributed by atoms with Crippen LogP contribution in [0.25, 0.3) is 0 Å². The van der Waals surface area contributed by atoms with Crippen molar-refractivity contribution in [3.8, 4) is 0 Å². The summed E-state index contributed by atoms with van der Waals surface area (Å²) < 4.78 is 26.6. The maximum absolute atomic E-state index is 13.8. The number of rotatable bonds is 27. The Morgan fingerprint density at radius 3 is 2.11 bits per heavy atom. The summed E-state index contributed by atoms with van der Waals surface area (Å²) in [7, 11) is 1.55. The molecule has 1 aromatic rings. The van der Waals surface area contributed by atoms with E-state index in [2.05, 4.69) is 21.3 Å². The molecule has 24 nitrogen and oxygen atoms in total. The first kappa shape index (κ1) is 58.7. The van der Waals surface area contributed by atoms with Crippen molar-refractivity contribution < 1.29 is 87.3 Å². The SMILES string of the molecule is COCCOCCOCCC(=O)NC[C@@H]1C[C@@H](N2C(=O)C=CC2=O)C(=O)N1CC(=O)N[C@H](C(=O)N[C@@H](C)C(=O)Nc1ccc(COC(=O)C(C)(C)C)c(CCC[C@@H]2O[C@H](C(=O)O)[C@@H](O)[C@H](O)[C@H]2O)c1)C(C)C. The molecule has 1 aromatic carbocycles. The molecule has 8 N–H and O–H groups in total. The minimum atomic E-state index is -1.84. The molecule has 0 unspecified atom stereocenters. The molecule has 0 aliphatic carbocycles. The van der Waals surface area contributed by atoms with Gasteiger partial charge in [0, 0.05) is 37.9 Å². The second-order valence-electron chi connectivity index (χ2n) is 19.1. The smallest absolute Gasteiger partial charge is 0.335 e. The fourth-order valence-corrected chi connectivity index (χ4v) is 7.99. The van der Waals surface area contributed by atoms with Gasteiger partial charge in [0.25, 0.3) is 11.8 Å². The van der Waals surface area contributed by atoms with Crippen molar-refractivity contribution in [1.29, 1.82) is 0 Å². The van der Waals surface area contributed by atoms with Crippen LogP contribution in [-0.4, -0.2) is 191 Å². The summed E-state index contributed by atoms with van der Waals surface area (Å²) in [5.74, 6) is -7.20. The largest absolute Gasteiger partial charge is 0.479 e. The Hall–Kier alpha value is -5.89. The number of hydrogen-bond acceptors (Lipinski definition) is 17. The molecule has 9 atom stereocenters. The molecular weight excluding hydrogens is 949 g/mol. The summed E-state index contributed by atoms with van der Waals surface area (Å²) in [6.45, 7) is 10.4. The number of aryl methyl sites for hydroxylation is 1. The molecule has 2 saturated heterocycles. The van der Waals surface area contributed by atoms with Gasteiger partial charge in [-0.05, 0) is 82.6 Å². The number of nitrogens with one attached hydrogen (secondary N) is 4. The van der Waals surface area contributed by atoms with Crippen LogP contribution < -0.4 is 21.3 Å². The number of carbonyl (C=O) groups is 9. The maximum atomic E-state index is 13.8. The van der Waals surface area contributed by atoms with Crippen LogP contribution in [-0.2, 0) is 79.9 Å². The van der Waals surface area contributed by atoms with E-state index in [1.165, 1.54) is 6.92 Å². The number of carboxylic acids is 1. The number of aliphatic hydroxyl groups is 3. The van der Waals surface area contributed by atoms with Gasteiger partial charge in [-0.15, -0.1) is 0 Å². The number of hydrogen-bond donors (Lipinski definition) is 8. The number of aliphatic carboxylic acids is 1. The minimum Gasteiger partial charge on any atom is -0.479 e. The van der Waals surface area contributed by atoms with Gasteiger partial charge in [-0.2, -0.15) is 0 Å². The Balaban J connectivity index is 1.39. The summed E-state index contributed by atoms with van der Waals surface area (Å²) in [5, 5.41) is 51.0. The van der Waals surface area contributed by atoms with Crippen molar-refractivity contribution in [2.24, 2.45) is 11.3 Å². The van der Waals surface area contributed by atoms with Crippen molar-refractivity contribution >= 4 is 59.0 Å². The number of methoxy groups -OCH3 is 1. The molecule has 3 aliphatic heterocycles. The number of likely N-dealkylation sites (tertiary alicyclic amines) is 1. The van der Waals surface area contributed by atoms with E-state index < -0.39 is 126 Å². The highest BCUT2D eigenvalue weighted by Crippen LogP contribution is 2.28. The Kier molecular flexibility index (Phi) is 22.2. The summed E-state index contributed by atoms with van der Waals surface area (Å²) in [6.07, 6.45) is -5.57. The standard InChI is InChI=1S/C48H70N6O18/c1-26(2)38(52-35(56)24-53-31(22-32(45(53)64)54-36(57)13-14-37(54)58)23-49-34(55)15-16-69-19-20-70-18-17-68-7)44(63)50-27(3)43(62)51-30-12-11-29(25-71-47(67)48(4,5)6)28(21-30)9-8-10-33-39(59)40(60)41(61)42(72-33)46(65)66/h11-14,21,26-27,31-33,38-42,59-61H,8-10,15-20,22-25H2,1-7H3,(H,49,55)(H,50,63)(H,51,62)(H,52,56)(H,65,66)/t27-,31-,32+,33-,38-,39-,40+,41-,42-/m0/s1. The number of esters is 1. The highest BCUT2D eigenvalue weighted by atomic mass is 16.6. The van der Waals surface area contributed by atoms with Crippen LogP contribution in [0.1, 0.15) is 78.4 Å². The maximum Gasteiger partial charge on any atom is 0.335 e. The summed E-state index contributed by atoms with van der Waals surface area (Å²) in [6, 6.07) is 0.355. The fourth-order valence-electron chi connectivity index (χ4n) is 7.99. The molecular formula is C48H70N6O18. The lowest BCUT2D eigenvalue weighted by Crippen LogP contribution is -2.59. The lowest BCUT2D eigenvalue weighted by atomic mass is 9.91. The van der Waals surface area contributed by atoms with Crippen LogP contribution in [0.2, 0.25) is 0 Å². The van der Waals surface area contributed by atoms with Gasteiger partial charge in [0.2, 0.25) is 29.5 Å². The van der Waals surface area contributed by atoms with Crippen LogP contribution in [0.4, 0.5) is 5.69 Å². The molecule has 72 heavy (non-hydrogen) atoms. The minimum absolute atomic E-state index is 0.0241. The first-order valence-corrected chi connectivity index (χ1v) is 23.8. The molecule has 0 aromatic heterocycles. The Labute approximate surface area is 417 Å². The van der Waals surface area contributed by atoms with Crippen LogP contribution in [0.15, 0.2) is 30.4 Å². The van der Waals surface area contributed by atoms with Crippen molar-refractivity contribution in [2.75, 3.05) is 58.6 Å². The normalized spacial score (nSPS) is 23.0. The lowest BCUT2D eigenvalue weighted by molar-refractivity contribution is -0.228. The van der Waals surface area contributed by atoms with E-state index >= 15 is 0 Å². The molecule has 0 spiro atoms. The zero-order valence-electron chi connectivity index (χ0n) is 41.8. The van der Waals surface area contributed by atoms with Crippen LogP contribution in [0, 0.1) is 11.3 Å². The Morgan fingerprint density at radius 1 is 0.833 bits per heavy atom. The highest BCUT2D eigenvalue weighted by Gasteiger charge is 2.48. The van der Waals surface area contributed by atoms with E-state index in [0.29, 0.717) is 30.9 Å². The molecule has 4 rings (SSSR count). The molecule has 3 heterocycles. The van der Waals surface area contributed by atoms with E-state index in [1.807, 2.05) is 0 Å². The fraction of sp³-hybridized carbons (Fsp3) is 0.646. The molecule has 3 aliphatic rings. The van der Waals surface area contributed by atoms with Gasteiger partial charge < -0.3 is 70.3 Å². The number of amides is 7. The van der Waals surface area contributed by atoms with Crippen molar-refractivity contribution in [3.63, 3.8) is 0 Å². The van der Waals surface area contributed by atoms with E-state index in [4.69, 9.17) is 23.7 Å². The van der Waals surface area contributed by atoms with E-state index in [1.54, 1.807) is 59.9 Å². The van der Waals surface area contributed by atoms with Crippen LogP contribution in [0.5, 0.6) is 0 Å². The monoisotopic (exact) mass is 1020 g/mol. The lowest BCUT2D eigenvalue weighted by Gasteiger charge is -2.39. The van der Waals surface area contributed by atoms with Crippen molar-refractivity contribution in [2.45, 2.75) is 135 Å². The highest BCUT2D eigenvalue weighted by molar-refractivity contribution is 6.15. The van der Waals surface area contributed by atoms with Gasteiger partial charge in [0.15, 0.2) is 6.10 Å². The molecule has 0 radical (unpaired) electrons. The van der Waals surface area contributed by atoms with Gasteiger partial charge in [0.05, 0.1) is 57.1 Å². The zero-order valence-corrected chi connectivity index (χ0v) is 41.8. The quantitative estimate of drug-likeness (QED) is 0.0288. The number of ether oxygens (including phenoxy) is 5. The number of aliphatic hydroxyl groups excluding tert-OH is 3. The van der Waals surface area contributed by atoms with E-state index in [-0.39, 0.29) is 64.2 Å². The Bertz CT molecular complexity index is 2130. The predicted octanol–water partition coefficient (Wildman–Crippen LogP) is -1.30. The van der Waals surface area contributed by atoms with Gasteiger partial charge in [-0.1, -0.05) is 19.9 Å². The molecule has 0 saturated carbocycles. The molecule has 400 valence electrons. The molecule has 7 amide bonds. The number of imide groups is 1. The number of benzene rings is 1. The number of carbonyl (C=O) groups excluding carboxylic acids is 8. The second kappa shape index (κ2) is 27.2. The predicted molar refractivity (Wildman–Crippen MR) is 252 cm³/mol. The van der Waals surface area contributed by atoms with Gasteiger partial charge in [-0.3, -0.25) is 43.3 Å². The average molecular weight is 1020 g/mol. The zero-order chi connectivity index (χ0) is 53.4. The third-order valence-corrected chi connectivity index (χ3v) is 12.1. The van der Waals surface area contributed by atoms with E-state index in [0.717, 1.165) is 22.0 Å². The average Bonchev–Trinajstić information content (AvgIpc) is 3.81. The molecule has 0 bridgehead atoms. The topological polar surface area (TPSA) is 335 Å². The van der Waals surface area contributed by atoms with Crippen LogP contribution >= 0.6 is 0 Å². The first-order chi connectivity index (χ1) is 33.9. The van der Waals surface area contributed by atoms with Gasteiger partial charge in [0.1, 0.15) is 43.0 Å². The van der Waals surface area contributed by atoms with Gasteiger partial charge >= 0.3 is 11.9 Å². The summed E-state index contributed by atoms with van der Waals surface area (Å²) in [5.41, 5.74) is 0.648. The van der Waals surface area contributed by atoms with Crippen molar-refractivity contribution in [1.82, 2.24) is 25.8 Å². The van der Waals surface area contributed by atoms with Gasteiger partial charge in [-0.25, -0.2) is 4.79 Å². The van der Waals surface area contributed by atoms with Crippen LogP contribution in [0.3, 0.4) is 0 Å². The second-order valence-corrected chi connectivity index (χ2v) is 19.1. The molecule has 24 heteroatoms. The van der Waals surface area contributed by atoms with E-state index in [9.17, 15) is 63.6 Å². The summed E-state index contributed by atoms with van der Waals surface area (Å²) >= 11 is 0. The van der Waals surface area contributed by atoms with Crippen molar-refractivity contribution in [3.05, 3.63) is 41.5 Å². The molecule has 2 fully saturated rings. The summed E-state index contributed by atoms with van der Waals surface area (Å²) in [4.78, 5) is 119.